The molecule has 0 aliphatic rings. The number of benzene rings is 2. The molecule has 4 heteroatoms. The molecule has 4 nitrogen and oxygen atoms in total. The molecule has 0 saturated heterocycles. The summed E-state index contributed by atoms with van der Waals surface area (Å²) in [6.07, 6.45) is 0.278. The van der Waals surface area contributed by atoms with E-state index in [1.807, 2.05) is 65.0 Å². The second-order valence-corrected chi connectivity index (χ2v) is 9.02. The van der Waals surface area contributed by atoms with Crippen LogP contribution in [0, 0.1) is 20.8 Å². The van der Waals surface area contributed by atoms with Crippen LogP contribution >= 0.6 is 0 Å². The van der Waals surface area contributed by atoms with Crippen LogP contribution in [0.4, 0.5) is 0 Å². The number of hydrogen-bond acceptors (Lipinski definition) is 2. The van der Waals surface area contributed by atoms with Crippen molar-refractivity contribution in [3.63, 3.8) is 0 Å². The molecule has 2 rings (SSSR count). The Morgan fingerprint density at radius 1 is 0.966 bits per heavy atom. The molecule has 0 aliphatic heterocycles. The van der Waals surface area contributed by atoms with Gasteiger partial charge >= 0.3 is 0 Å². The highest BCUT2D eigenvalue weighted by molar-refractivity contribution is 5.88. The average Bonchev–Trinajstić information content (AvgIpc) is 2.60. The Morgan fingerprint density at radius 2 is 1.66 bits per heavy atom. The zero-order chi connectivity index (χ0) is 21.8. The standard InChI is InChI=1S/C25H34N2O2/c1-17-9-8-10-22(13-17)16-27(20(4)24(29)26-25(5,6)7)23(28)15-21-12-11-18(2)19(3)14-21/h8-14,20H,15-16H2,1-7H3,(H,26,29). The van der Waals surface area contributed by atoms with E-state index >= 15 is 0 Å². The zero-order valence-corrected chi connectivity index (χ0v) is 18.8. The molecule has 156 valence electrons. The fourth-order valence-corrected chi connectivity index (χ4v) is 3.25. The molecular weight excluding hydrogens is 360 g/mol. The van der Waals surface area contributed by atoms with E-state index in [0.717, 1.165) is 16.7 Å². The van der Waals surface area contributed by atoms with Crippen LogP contribution in [0.2, 0.25) is 0 Å². The molecule has 0 bridgehead atoms. The van der Waals surface area contributed by atoms with E-state index in [2.05, 4.69) is 24.4 Å². The quantitative estimate of drug-likeness (QED) is 0.785. The first kappa shape index (κ1) is 22.7. The topological polar surface area (TPSA) is 49.4 Å². The molecule has 2 aromatic carbocycles. The molecule has 2 amide bonds. The van der Waals surface area contributed by atoms with Gasteiger partial charge in [0.25, 0.3) is 0 Å². The number of rotatable bonds is 6. The predicted molar refractivity (Wildman–Crippen MR) is 119 cm³/mol. The average molecular weight is 395 g/mol. The van der Waals surface area contributed by atoms with Crippen LogP contribution in [0.15, 0.2) is 42.5 Å². The summed E-state index contributed by atoms with van der Waals surface area (Å²) in [7, 11) is 0. The van der Waals surface area contributed by atoms with Crippen LogP contribution in [0.1, 0.15) is 55.5 Å². The summed E-state index contributed by atoms with van der Waals surface area (Å²) in [6, 6.07) is 13.6. The van der Waals surface area contributed by atoms with Crippen LogP contribution < -0.4 is 5.32 Å². The van der Waals surface area contributed by atoms with Crippen molar-refractivity contribution in [3.8, 4) is 0 Å². The summed E-state index contributed by atoms with van der Waals surface area (Å²) >= 11 is 0. The van der Waals surface area contributed by atoms with Crippen molar-refractivity contribution < 1.29 is 9.59 Å². The van der Waals surface area contributed by atoms with E-state index in [0.29, 0.717) is 6.54 Å². The maximum absolute atomic E-state index is 13.3. The number of hydrogen-bond donors (Lipinski definition) is 1. The fraction of sp³-hybridized carbons (Fsp3) is 0.440. The summed E-state index contributed by atoms with van der Waals surface area (Å²) in [6.45, 7) is 14.2. The van der Waals surface area contributed by atoms with Crippen LogP contribution in [-0.2, 0) is 22.6 Å². The van der Waals surface area contributed by atoms with Crippen molar-refractivity contribution in [1.29, 1.82) is 0 Å². The number of amides is 2. The van der Waals surface area contributed by atoms with Gasteiger partial charge in [0, 0.05) is 12.1 Å². The Labute approximate surface area is 175 Å². The monoisotopic (exact) mass is 394 g/mol. The second-order valence-electron chi connectivity index (χ2n) is 9.02. The minimum atomic E-state index is -0.561. The maximum Gasteiger partial charge on any atom is 0.242 e. The molecule has 0 aromatic heterocycles. The number of nitrogens with zero attached hydrogens (tertiary/aromatic N) is 1. The fourth-order valence-electron chi connectivity index (χ4n) is 3.25. The van der Waals surface area contributed by atoms with Gasteiger partial charge in [-0.15, -0.1) is 0 Å². The highest BCUT2D eigenvalue weighted by Crippen LogP contribution is 2.16. The lowest BCUT2D eigenvalue weighted by molar-refractivity contribution is -0.140. The molecule has 2 aromatic rings. The lowest BCUT2D eigenvalue weighted by Crippen LogP contribution is -2.52. The molecule has 0 aliphatic carbocycles. The SMILES string of the molecule is Cc1cccc(CN(C(=O)Cc2ccc(C)c(C)c2)C(C)C(=O)NC(C)(C)C)c1. The first-order valence-electron chi connectivity index (χ1n) is 10.2. The summed E-state index contributed by atoms with van der Waals surface area (Å²) < 4.78 is 0. The summed E-state index contributed by atoms with van der Waals surface area (Å²) in [5.41, 5.74) is 5.15. The van der Waals surface area contributed by atoms with Gasteiger partial charge in [-0.3, -0.25) is 9.59 Å². The third kappa shape index (κ3) is 6.74. The van der Waals surface area contributed by atoms with Crippen molar-refractivity contribution >= 4 is 11.8 Å². The van der Waals surface area contributed by atoms with Gasteiger partial charge in [0.05, 0.1) is 6.42 Å². The molecule has 0 radical (unpaired) electrons. The Balaban J connectivity index is 2.27. The number of nitrogens with one attached hydrogen (secondary N) is 1. The van der Waals surface area contributed by atoms with E-state index in [1.54, 1.807) is 11.8 Å². The van der Waals surface area contributed by atoms with Crippen molar-refractivity contribution in [2.24, 2.45) is 0 Å². The maximum atomic E-state index is 13.3. The lowest BCUT2D eigenvalue weighted by Gasteiger charge is -2.31. The molecule has 1 N–H and O–H groups in total. The van der Waals surface area contributed by atoms with Crippen LogP contribution in [-0.4, -0.2) is 28.3 Å². The molecule has 0 saturated carbocycles. The van der Waals surface area contributed by atoms with Crippen LogP contribution in [0.5, 0.6) is 0 Å². The van der Waals surface area contributed by atoms with Gasteiger partial charge in [-0.25, -0.2) is 0 Å². The van der Waals surface area contributed by atoms with Crippen molar-refractivity contribution in [2.45, 2.75) is 73.0 Å². The number of carbonyl (C=O) groups excluding carboxylic acids is 2. The van der Waals surface area contributed by atoms with Crippen molar-refractivity contribution in [2.75, 3.05) is 0 Å². The third-order valence-electron chi connectivity index (χ3n) is 5.03. The molecule has 0 heterocycles. The molecule has 1 atom stereocenters. The molecule has 0 fully saturated rings. The van der Waals surface area contributed by atoms with E-state index in [9.17, 15) is 9.59 Å². The van der Waals surface area contributed by atoms with Gasteiger partial charge in [0.2, 0.25) is 11.8 Å². The molecule has 29 heavy (non-hydrogen) atoms. The number of carbonyl (C=O) groups is 2. The Bertz CT molecular complexity index is 881. The van der Waals surface area contributed by atoms with Crippen LogP contribution in [0.3, 0.4) is 0 Å². The van der Waals surface area contributed by atoms with Crippen molar-refractivity contribution in [3.05, 3.63) is 70.3 Å². The Morgan fingerprint density at radius 3 is 2.24 bits per heavy atom. The Hall–Kier alpha value is -2.62. The van der Waals surface area contributed by atoms with Gasteiger partial charge in [0.15, 0.2) is 0 Å². The van der Waals surface area contributed by atoms with E-state index in [-0.39, 0.29) is 23.8 Å². The van der Waals surface area contributed by atoms with Crippen molar-refractivity contribution in [1.82, 2.24) is 10.2 Å². The van der Waals surface area contributed by atoms with E-state index in [4.69, 9.17) is 0 Å². The second kappa shape index (κ2) is 9.25. The minimum absolute atomic E-state index is 0.0497. The van der Waals surface area contributed by atoms with Gasteiger partial charge in [0.1, 0.15) is 6.04 Å². The third-order valence-corrected chi connectivity index (χ3v) is 5.03. The lowest BCUT2D eigenvalue weighted by atomic mass is 10.0. The first-order chi connectivity index (χ1) is 13.5. The normalized spacial score (nSPS) is 12.4. The van der Waals surface area contributed by atoms with Crippen LogP contribution in [0.25, 0.3) is 0 Å². The van der Waals surface area contributed by atoms with E-state index < -0.39 is 6.04 Å². The Kier molecular flexibility index (Phi) is 7.23. The number of aryl methyl sites for hydroxylation is 3. The van der Waals surface area contributed by atoms with Gasteiger partial charge < -0.3 is 10.2 Å². The molecule has 1 unspecified atom stereocenters. The van der Waals surface area contributed by atoms with E-state index in [1.165, 1.54) is 11.1 Å². The first-order valence-corrected chi connectivity index (χ1v) is 10.2. The minimum Gasteiger partial charge on any atom is -0.350 e. The molecule has 0 spiro atoms. The largest absolute Gasteiger partial charge is 0.350 e. The smallest absolute Gasteiger partial charge is 0.242 e. The predicted octanol–water partition coefficient (Wildman–Crippen LogP) is 4.49. The summed E-state index contributed by atoms with van der Waals surface area (Å²) in [5, 5.41) is 3.00. The summed E-state index contributed by atoms with van der Waals surface area (Å²) in [4.78, 5) is 27.7. The highest BCUT2D eigenvalue weighted by Gasteiger charge is 2.28. The molecular formula is C25H34N2O2. The van der Waals surface area contributed by atoms with Gasteiger partial charge in [-0.2, -0.15) is 0 Å². The van der Waals surface area contributed by atoms with Gasteiger partial charge in [-0.1, -0.05) is 48.0 Å². The zero-order valence-electron chi connectivity index (χ0n) is 18.8. The summed E-state index contributed by atoms with van der Waals surface area (Å²) in [5.74, 6) is -0.190. The highest BCUT2D eigenvalue weighted by atomic mass is 16.2. The van der Waals surface area contributed by atoms with Gasteiger partial charge in [-0.05, 0) is 70.7 Å².